The fourth-order valence-corrected chi connectivity index (χ4v) is 4.31. The second kappa shape index (κ2) is 10.6. The molecule has 1 aliphatic rings. The molecule has 4 N–H and O–H groups in total. The highest BCUT2D eigenvalue weighted by molar-refractivity contribution is 6.06. The van der Waals surface area contributed by atoms with Crippen molar-refractivity contribution in [3.8, 4) is 0 Å². The van der Waals surface area contributed by atoms with Gasteiger partial charge in [-0.1, -0.05) is 36.4 Å². The molecule has 1 unspecified atom stereocenters. The Kier molecular flexibility index (Phi) is 7.30. The lowest BCUT2D eigenvalue weighted by molar-refractivity contribution is -0.124. The minimum atomic E-state index is -0.981. The number of nitrogens with two attached hydrogens (primary N) is 1. The molecule has 0 aliphatic carbocycles. The summed E-state index contributed by atoms with van der Waals surface area (Å²) in [5.74, 6) is -2.76. The molecule has 11 heteroatoms. The molecular weight excluding hydrogens is 469 g/mol. The molecule has 0 saturated carbocycles. The van der Waals surface area contributed by atoms with E-state index in [9.17, 15) is 23.6 Å². The van der Waals surface area contributed by atoms with Gasteiger partial charge >= 0.3 is 5.69 Å². The Morgan fingerprint density at radius 2 is 1.94 bits per heavy atom. The Hall–Kier alpha value is -4.25. The zero-order valence-electron chi connectivity index (χ0n) is 19.6. The number of benzene rings is 2. The van der Waals surface area contributed by atoms with Crippen LogP contribution in [0.2, 0.25) is 0 Å². The highest BCUT2D eigenvalue weighted by Crippen LogP contribution is 2.35. The fourth-order valence-electron chi connectivity index (χ4n) is 4.31. The van der Waals surface area contributed by atoms with E-state index < -0.39 is 34.8 Å². The van der Waals surface area contributed by atoms with Crippen LogP contribution in [-0.4, -0.2) is 41.6 Å². The summed E-state index contributed by atoms with van der Waals surface area (Å²) in [6, 6.07) is 12.8. The molecule has 4 rings (SSSR count). The highest BCUT2D eigenvalue weighted by Gasteiger charge is 2.36. The van der Waals surface area contributed by atoms with Crippen LogP contribution in [0.3, 0.4) is 0 Å². The van der Waals surface area contributed by atoms with Gasteiger partial charge in [-0.05, 0) is 29.7 Å². The largest absolute Gasteiger partial charge is 0.385 e. The molecule has 1 atom stereocenters. The number of H-pyrrole nitrogens is 1. The predicted octanol–water partition coefficient (Wildman–Crippen LogP) is 1.80. The second-order valence-corrected chi connectivity index (χ2v) is 8.44. The number of hydrogen-bond donors (Lipinski definition) is 3. The third kappa shape index (κ3) is 5.05. The van der Waals surface area contributed by atoms with Crippen molar-refractivity contribution in [3.05, 3.63) is 86.3 Å². The number of ether oxygens (including phenoxy) is 1. The SMILES string of the molecule is COCCCN(C(=O)C1CC(=O)Nc2cc(F)ccc21)c1c(N)n(Cc2ccccc2)c(=O)[nH]c1=O. The molecule has 0 radical (unpaired) electrons. The molecule has 0 spiro atoms. The minimum Gasteiger partial charge on any atom is -0.385 e. The van der Waals surface area contributed by atoms with Crippen molar-refractivity contribution in [1.82, 2.24) is 9.55 Å². The number of nitrogens with zero attached hydrogens (tertiary/aromatic N) is 2. The second-order valence-electron chi connectivity index (χ2n) is 8.44. The summed E-state index contributed by atoms with van der Waals surface area (Å²) in [7, 11) is 1.50. The fraction of sp³-hybridized carbons (Fsp3) is 0.280. The van der Waals surface area contributed by atoms with E-state index in [1.807, 2.05) is 6.07 Å². The van der Waals surface area contributed by atoms with Crippen LogP contribution >= 0.6 is 0 Å². The summed E-state index contributed by atoms with van der Waals surface area (Å²) in [6.45, 7) is 0.402. The summed E-state index contributed by atoms with van der Waals surface area (Å²) < 4.78 is 20.1. The van der Waals surface area contributed by atoms with Crippen molar-refractivity contribution in [2.24, 2.45) is 0 Å². The number of hydrogen-bond acceptors (Lipinski definition) is 6. The highest BCUT2D eigenvalue weighted by atomic mass is 19.1. The van der Waals surface area contributed by atoms with Gasteiger partial charge in [0.15, 0.2) is 5.69 Å². The van der Waals surface area contributed by atoms with E-state index in [2.05, 4.69) is 10.3 Å². The third-order valence-electron chi connectivity index (χ3n) is 6.02. The maximum Gasteiger partial charge on any atom is 0.330 e. The van der Waals surface area contributed by atoms with E-state index in [1.165, 1.54) is 28.7 Å². The lowest BCUT2D eigenvalue weighted by Crippen LogP contribution is -2.45. The molecule has 1 aromatic heterocycles. The van der Waals surface area contributed by atoms with Gasteiger partial charge in [-0.25, -0.2) is 9.18 Å². The quantitative estimate of drug-likeness (QED) is 0.407. The van der Waals surface area contributed by atoms with E-state index in [4.69, 9.17) is 10.5 Å². The Balaban J connectivity index is 1.80. The number of nitrogen functional groups attached to an aromatic ring is 1. The molecule has 3 aromatic rings. The number of rotatable bonds is 8. The van der Waals surface area contributed by atoms with Crippen LogP contribution in [0.5, 0.6) is 0 Å². The Bertz CT molecular complexity index is 1400. The van der Waals surface area contributed by atoms with Crippen LogP contribution < -0.4 is 27.2 Å². The van der Waals surface area contributed by atoms with Gasteiger partial charge in [0.1, 0.15) is 11.6 Å². The van der Waals surface area contributed by atoms with Crippen molar-refractivity contribution in [1.29, 1.82) is 0 Å². The first-order chi connectivity index (χ1) is 17.3. The Labute approximate surface area is 205 Å². The van der Waals surface area contributed by atoms with Gasteiger partial charge < -0.3 is 20.7 Å². The number of fused-ring (bicyclic) bond motifs is 1. The zero-order chi connectivity index (χ0) is 25.8. The number of aromatic amines is 1. The first-order valence-corrected chi connectivity index (χ1v) is 11.4. The van der Waals surface area contributed by atoms with Crippen LogP contribution in [-0.2, 0) is 20.9 Å². The molecule has 1 aliphatic heterocycles. The molecule has 188 valence electrons. The van der Waals surface area contributed by atoms with Gasteiger partial charge in [0.05, 0.1) is 12.5 Å². The maximum absolute atomic E-state index is 13.9. The number of methoxy groups -OCH3 is 1. The van der Waals surface area contributed by atoms with Crippen LogP contribution in [0.1, 0.15) is 29.9 Å². The van der Waals surface area contributed by atoms with Crippen LogP contribution in [0.4, 0.5) is 21.6 Å². The van der Waals surface area contributed by atoms with Gasteiger partial charge in [0, 0.05) is 32.4 Å². The number of nitrogens with one attached hydrogen (secondary N) is 2. The average Bonchev–Trinajstić information content (AvgIpc) is 2.85. The molecule has 2 heterocycles. The molecular formula is C25H26FN5O5. The van der Waals surface area contributed by atoms with Crippen molar-refractivity contribution in [2.75, 3.05) is 36.2 Å². The molecule has 0 fully saturated rings. The number of carbonyl (C=O) groups is 2. The Morgan fingerprint density at radius 3 is 2.67 bits per heavy atom. The first-order valence-electron chi connectivity index (χ1n) is 11.4. The van der Waals surface area contributed by atoms with Crippen LogP contribution in [0, 0.1) is 5.82 Å². The smallest absolute Gasteiger partial charge is 0.330 e. The molecule has 36 heavy (non-hydrogen) atoms. The van der Waals surface area contributed by atoms with Gasteiger partial charge in [-0.2, -0.15) is 0 Å². The molecule has 10 nitrogen and oxygen atoms in total. The van der Waals surface area contributed by atoms with Crippen molar-refractivity contribution >= 4 is 29.0 Å². The van der Waals surface area contributed by atoms with Crippen molar-refractivity contribution in [3.63, 3.8) is 0 Å². The lowest BCUT2D eigenvalue weighted by atomic mass is 9.89. The zero-order valence-corrected chi connectivity index (χ0v) is 19.6. The number of amides is 2. The molecule has 2 amide bonds. The molecule has 2 aromatic carbocycles. The Morgan fingerprint density at radius 1 is 1.19 bits per heavy atom. The molecule has 0 bridgehead atoms. The topological polar surface area (TPSA) is 140 Å². The minimum absolute atomic E-state index is 0.0398. The summed E-state index contributed by atoms with van der Waals surface area (Å²) in [6.07, 6.45) is 0.161. The first kappa shape index (κ1) is 24.9. The summed E-state index contributed by atoms with van der Waals surface area (Å²) >= 11 is 0. The van der Waals surface area contributed by atoms with Crippen LogP contribution in [0.15, 0.2) is 58.1 Å². The standard InChI is InChI=1S/C25H26FN5O5/c1-36-11-5-10-30(24(34)18-13-20(32)28-19-12-16(26)8-9-17(18)19)21-22(27)31(25(35)29-23(21)33)14-15-6-3-2-4-7-15/h2-4,6-9,12,18H,5,10-11,13-14,27H2,1H3,(H,28,32)(H,29,33,35). The number of aromatic nitrogens is 2. The van der Waals surface area contributed by atoms with Gasteiger partial charge in [-0.3, -0.25) is 23.9 Å². The van der Waals surface area contributed by atoms with Gasteiger partial charge in [0.25, 0.3) is 5.56 Å². The van der Waals surface area contributed by atoms with Crippen LogP contribution in [0.25, 0.3) is 0 Å². The molecule has 0 saturated heterocycles. The van der Waals surface area contributed by atoms with E-state index in [0.717, 1.165) is 11.6 Å². The summed E-state index contributed by atoms with van der Waals surface area (Å²) in [5.41, 5.74) is 5.98. The predicted molar refractivity (Wildman–Crippen MR) is 133 cm³/mol. The summed E-state index contributed by atoms with van der Waals surface area (Å²) in [4.78, 5) is 55.2. The normalized spacial score (nSPS) is 14.7. The third-order valence-corrected chi connectivity index (χ3v) is 6.02. The van der Waals surface area contributed by atoms with Crippen molar-refractivity contribution < 1.29 is 18.7 Å². The summed E-state index contributed by atoms with van der Waals surface area (Å²) in [5, 5.41) is 2.58. The van der Waals surface area contributed by atoms with E-state index >= 15 is 0 Å². The maximum atomic E-state index is 13.9. The average molecular weight is 496 g/mol. The van der Waals surface area contributed by atoms with Gasteiger partial charge in [-0.15, -0.1) is 0 Å². The van der Waals surface area contributed by atoms with E-state index in [0.29, 0.717) is 12.0 Å². The van der Waals surface area contributed by atoms with E-state index in [1.54, 1.807) is 24.3 Å². The number of carbonyl (C=O) groups excluding carboxylic acids is 2. The monoisotopic (exact) mass is 495 g/mol. The van der Waals surface area contributed by atoms with E-state index in [-0.39, 0.29) is 43.3 Å². The number of anilines is 3. The lowest BCUT2D eigenvalue weighted by Gasteiger charge is -2.31. The number of halogens is 1. The van der Waals surface area contributed by atoms with Crippen molar-refractivity contribution in [2.45, 2.75) is 25.3 Å². The van der Waals surface area contributed by atoms with Gasteiger partial charge in [0.2, 0.25) is 11.8 Å².